The van der Waals surface area contributed by atoms with Crippen molar-refractivity contribution in [1.82, 2.24) is 0 Å². The minimum Gasteiger partial charge on any atom is -0.497 e. The number of fused-ring (bicyclic) bond motifs is 1. The van der Waals surface area contributed by atoms with Crippen molar-refractivity contribution < 1.29 is 9.53 Å². The van der Waals surface area contributed by atoms with Gasteiger partial charge in [0.2, 0.25) is 5.91 Å². The van der Waals surface area contributed by atoms with Gasteiger partial charge >= 0.3 is 0 Å². The summed E-state index contributed by atoms with van der Waals surface area (Å²) in [5, 5.41) is 2.94. The van der Waals surface area contributed by atoms with Crippen LogP contribution in [0.15, 0.2) is 82.7 Å². The van der Waals surface area contributed by atoms with Crippen LogP contribution in [0, 0.1) is 6.92 Å². The molecule has 146 valence electrons. The maximum atomic E-state index is 12.8. The Morgan fingerprint density at radius 3 is 2.48 bits per heavy atom. The summed E-state index contributed by atoms with van der Waals surface area (Å²) in [6.45, 7) is 2.03. The van der Waals surface area contributed by atoms with Crippen LogP contribution in [-0.2, 0) is 4.79 Å². The number of methoxy groups -OCH3 is 1. The number of carbonyl (C=O) groups is 1. The fourth-order valence-corrected chi connectivity index (χ4v) is 4.46. The zero-order valence-electron chi connectivity index (χ0n) is 16.4. The van der Waals surface area contributed by atoms with E-state index in [9.17, 15) is 4.79 Å². The topological polar surface area (TPSA) is 50.7 Å². The van der Waals surface area contributed by atoms with Gasteiger partial charge in [-0.2, -0.15) is 0 Å². The molecule has 0 unspecified atom stereocenters. The van der Waals surface area contributed by atoms with Crippen molar-refractivity contribution in [2.75, 3.05) is 12.4 Å². The number of thioether (sulfide) groups is 1. The van der Waals surface area contributed by atoms with Crippen molar-refractivity contribution in [2.45, 2.75) is 23.5 Å². The minimum atomic E-state index is -0.0660. The second-order valence-corrected chi connectivity index (χ2v) is 8.16. The van der Waals surface area contributed by atoms with Gasteiger partial charge in [-0.25, -0.2) is 0 Å². The molecule has 0 fully saturated rings. The summed E-state index contributed by atoms with van der Waals surface area (Å²) in [6.07, 6.45) is 0.345. The molecule has 1 aliphatic rings. The summed E-state index contributed by atoms with van der Waals surface area (Å²) in [7, 11) is 1.65. The molecular formula is C24H22N2O2S. The number of amides is 1. The van der Waals surface area contributed by atoms with Crippen LogP contribution in [0.3, 0.4) is 0 Å². The highest BCUT2D eigenvalue weighted by Crippen LogP contribution is 2.40. The summed E-state index contributed by atoms with van der Waals surface area (Å²) >= 11 is 1.69. The zero-order chi connectivity index (χ0) is 20.2. The van der Waals surface area contributed by atoms with E-state index in [0.29, 0.717) is 6.42 Å². The molecule has 1 heterocycles. The molecule has 1 atom stereocenters. The maximum Gasteiger partial charge on any atom is 0.225 e. The molecule has 0 radical (unpaired) electrons. The first kappa shape index (κ1) is 19.3. The molecule has 1 N–H and O–H groups in total. The number of hydrogen-bond donors (Lipinski definition) is 1. The number of benzene rings is 3. The quantitative estimate of drug-likeness (QED) is 0.602. The van der Waals surface area contributed by atoms with E-state index < -0.39 is 0 Å². The van der Waals surface area contributed by atoms with E-state index in [4.69, 9.17) is 9.73 Å². The fraction of sp³-hybridized carbons (Fsp3) is 0.167. The summed E-state index contributed by atoms with van der Waals surface area (Å²) in [4.78, 5) is 18.7. The van der Waals surface area contributed by atoms with Crippen LogP contribution < -0.4 is 10.1 Å². The lowest BCUT2D eigenvalue weighted by Crippen LogP contribution is -2.27. The molecule has 0 spiro atoms. The number of para-hydroxylation sites is 1. The van der Waals surface area contributed by atoms with E-state index in [1.165, 1.54) is 0 Å². The highest BCUT2D eigenvalue weighted by molar-refractivity contribution is 8.01. The Morgan fingerprint density at radius 1 is 1.03 bits per heavy atom. The molecular weight excluding hydrogens is 380 g/mol. The molecule has 0 saturated heterocycles. The van der Waals surface area contributed by atoms with Gasteiger partial charge < -0.3 is 10.1 Å². The van der Waals surface area contributed by atoms with E-state index >= 15 is 0 Å². The van der Waals surface area contributed by atoms with E-state index in [2.05, 4.69) is 11.4 Å². The number of anilines is 1. The Kier molecular flexibility index (Phi) is 5.67. The molecule has 0 bridgehead atoms. The number of nitrogens with zero attached hydrogens (tertiary/aromatic N) is 1. The lowest BCUT2D eigenvalue weighted by Gasteiger charge is -2.24. The van der Waals surface area contributed by atoms with Gasteiger partial charge in [0, 0.05) is 17.0 Å². The smallest absolute Gasteiger partial charge is 0.225 e. The summed E-state index contributed by atoms with van der Waals surface area (Å²) in [6, 6.07) is 23.7. The highest BCUT2D eigenvalue weighted by Gasteiger charge is 2.27. The van der Waals surface area contributed by atoms with E-state index in [-0.39, 0.29) is 11.2 Å². The maximum absolute atomic E-state index is 12.8. The molecule has 3 aromatic rings. The minimum absolute atomic E-state index is 0.0213. The number of hydrogen-bond acceptors (Lipinski definition) is 4. The third-order valence-electron chi connectivity index (χ3n) is 4.77. The summed E-state index contributed by atoms with van der Waals surface area (Å²) in [5.74, 6) is 0.777. The molecule has 0 aromatic heterocycles. The predicted molar refractivity (Wildman–Crippen MR) is 120 cm³/mol. The second kappa shape index (κ2) is 8.53. The van der Waals surface area contributed by atoms with Crippen molar-refractivity contribution in [1.29, 1.82) is 0 Å². The van der Waals surface area contributed by atoms with Crippen molar-refractivity contribution >= 4 is 34.8 Å². The van der Waals surface area contributed by atoms with Crippen LogP contribution in [0.2, 0.25) is 0 Å². The van der Waals surface area contributed by atoms with Gasteiger partial charge in [0.15, 0.2) is 0 Å². The first-order valence-electron chi connectivity index (χ1n) is 9.47. The van der Waals surface area contributed by atoms with Gasteiger partial charge in [0.1, 0.15) is 5.75 Å². The molecule has 1 aliphatic heterocycles. The lowest BCUT2D eigenvalue weighted by atomic mass is 10.0. The van der Waals surface area contributed by atoms with Crippen molar-refractivity contribution in [3.05, 3.63) is 83.9 Å². The van der Waals surface area contributed by atoms with Gasteiger partial charge in [-0.3, -0.25) is 9.79 Å². The lowest BCUT2D eigenvalue weighted by molar-refractivity contribution is -0.116. The molecule has 0 saturated carbocycles. The number of rotatable bonds is 5. The van der Waals surface area contributed by atoms with E-state index in [0.717, 1.165) is 38.9 Å². The highest BCUT2D eigenvalue weighted by atomic mass is 32.2. The largest absolute Gasteiger partial charge is 0.497 e. The van der Waals surface area contributed by atoms with Crippen molar-refractivity contribution in [3.63, 3.8) is 0 Å². The fourth-order valence-electron chi connectivity index (χ4n) is 3.23. The van der Waals surface area contributed by atoms with Crippen LogP contribution in [0.5, 0.6) is 5.75 Å². The Labute approximate surface area is 175 Å². The van der Waals surface area contributed by atoms with Gasteiger partial charge in [0.25, 0.3) is 0 Å². The standard InChI is InChI=1S/C24H22N2O2S/c1-16-7-11-18(12-8-16)25-23(27)15-22-24(17-9-13-19(28-2)14-10-17)26-20-5-3-4-6-21(20)29-22/h3-14,22H,15H2,1-2H3,(H,25,27)/t22-/m1/s1. The second-order valence-electron chi connectivity index (χ2n) is 6.92. The Morgan fingerprint density at radius 2 is 1.76 bits per heavy atom. The normalized spacial score (nSPS) is 15.2. The molecule has 5 heteroatoms. The van der Waals surface area contributed by atoms with Gasteiger partial charge in [-0.15, -0.1) is 11.8 Å². The zero-order valence-corrected chi connectivity index (χ0v) is 17.2. The predicted octanol–water partition coefficient (Wildman–Crippen LogP) is 5.63. The first-order chi connectivity index (χ1) is 14.1. The molecule has 29 heavy (non-hydrogen) atoms. The van der Waals surface area contributed by atoms with Gasteiger partial charge in [0.05, 0.1) is 23.8 Å². The Balaban J connectivity index is 1.59. The third kappa shape index (κ3) is 4.51. The number of aliphatic imine (C=N–C) groups is 1. The molecule has 1 amide bonds. The van der Waals surface area contributed by atoms with Crippen LogP contribution in [0.25, 0.3) is 0 Å². The summed E-state index contributed by atoms with van der Waals surface area (Å²) in [5.41, 5.74) is 4.83. The average molecular weight is 403 g/mol. The SMILES string of the molecule is COc1ccc(C2=Nc3ccccc3S[C@@H]2CC(=O)Nc2ccc(C)cc2)cc1. The number of aryl methyl sites for hydroxylation is 1. The average Bonchev–Trinajstić information content (AvgIpc) is 2.75. The van der Waals surface area contributed by atoms with Crippen LogP contribution in [0.4, 0.5) is 11.4 Å². The third-order valence-corrected chi connectivity index (χ3v) is 6.05. The summed E-state index contributed by atoms with van der Waals surface area (Å²) < 4.78 is 5.27. The van der Waals surface area contributed by atoms with E-state index in [1.807, 2.05) is 73.7 Å². The monoisotopic (exact) mass is 402 g/mol. The molecule has 0 aliphatic carbocycles. The molecule has 4 rings (SSSR count). The van der Waals surface area contributed by atoms with Crippen molar-refractivity contribution in [2.24, 2.45) is 4.99 Å². The van der Waals surface area contributed by atoms with E-state index in [1.54, 1.807) is 18.9 Å². The van der Waals surface area contributed by atoms with Crippen LogP contribution in [0.1, 0.15) is 17.5 Å². The Bertz CT molecular complexity index is 1040. The van der Waals surface area contributed by atoms with Crippen LogP contribution in [-0.4, -0.2) is 24.0 Å². The van der Waals surface area contributed by atoms with Gasteiger partial charge in [-0.1, -0.05) is 29.8 Å². The first-order valence-corrected chi connectivity index (χ1v) is 10.4. The molecule has 3 aromatic carbocycles. The Hall–Kier alpha value is -3.05. The number of nitrogens with one attached hydrogen (secondary N) is 1. The van der Waals surface area contributed by atoms with Crippen LogP contribution >= 0.6 is 11.8 Å². The van der Waals surface area contributed by atoms with Crippen molar-refractivity contribution in [3.8, 4) is 5.75 Å². The number of ether oxygens (including phenoxy) is 1. The number of carbonyl (C=O) groups excluding carboxylic acids is 1. The van der Waals surface area contributed by atoms with Gasteiger partial charge in [-0.05, 0) is 61.0 Å². The molecule has 4 nitrogen and oxygen atoms in total.